The molecule has 0 aliphatic rings. The number of carbonyl (C=O) groups excluding carboxylic acids is 2. The lowest BCUT2D eigenvalue weighted by molar-refractivity contribution is -0.159. The Hall–Kier alpha value is -2.68. The van der Waals surface area contributed by atoms with Crippen LogP contribution < -0.4 is 11.1 Å². The van der Waals surface area contributed by atoms with Crippen molar-refractivity contribution in [3.63, 3.8) is 0 Å². The van der Waals surface area contributed by atoms with E-state index < -0.39 is 37.3 Å². The number of anilines is 1. The maximum Gasteiger partial charge on any atom is 0.347 e. The first-order chi connectivity index (χ1) is 16.4. The third-order valence-corrected chi connectivity index (χ3v) is 7.74. The van der Waals surface area contributed by atoms with Crippen molar-refractivity contribution >= 4 is 64.3 Å². The summed E-state index contributed by atoms with van der Waals surface area (Å²) in [7, 11) is -4.68. The second-order valence-corrected chi connectivity index (χ2v) is 12.0. The molecule has 0 spiro atoms. The van der Waals surface area contributed by atoms with Crippen LogP contribution in [0.1, 0.15) is 37.6 Å². The number of fused-ring (bicyclic) bond motifs is 1. The number of hydrogen-bond acceptors (Lipinski definition) is 7. The second-order valence-electron chi connectivity index (χ2n) is 8.74. The quantitative estimate of drug-likeness (QED) is 0.145. The first kappa shape index (κ1) is 26.9. The molecule has 0 fully saturated rings. The first-order valence-corrected chi connectivity index (χ1v) is 13.4. The summed E-state index contributed by atoms with van der Waals surface area (Å²) in [6, 6.07) is 12.0. The van der Waals surface area contributed by atoms with Crippen molar-refractivity contribution < 1.29 is 28.3 Å². The van der Waals surface area contributed by atoms with Crippen molar-refractivity contribution in [2.45, 2.75) is 26.4 Å². The molecule has 1 amide bonds. The van der Waals surface area contributed by atoms with Crippen LogP contribution >= 0.6 is 30.5 Å². The Labute approximate surface area is 212 Å². The summed E-state index contributed by atoms with van der Waals surface area (Å²) in [6.07, 6.45) is 2.95. The predicted octanol–water partition coefficient (Wildman–Crippen LogP) is 5.71. The van der Waals surface area contributed by atoms with Crippen molar-refractivity contribution in [2.24, 2.45) is 5.41 Å². The van der Waals surface area contributed by atoms with E-state index in [9.17, 15) is 19.0 Å². The third kappa shape index (κ3) is 6.93. The average Bonchev–Trinajstić information content (AvgIpc) is 3.15. The number of carbonyl (C=O) groups is 2. The van der Waals surface area contributed by atoms with E-state index in [1.54, 1.807) is 74.7 Å². The maximum absolute atomic E-state index is 13.3. The summed E-state index contributed by atoms with van der Waals surface area (Å²) in [4.78, 5) is 36.0. The largest absolute Gasteiger partial charge is 0.438 e. The van der Waals surface area contributed by atoms with Crippen LogP contribution in [0, 0.1) is 5.41 Å². The highest BCUT2D eigenvalue weighted by Gasteiger charge is 2.42. The number of esters is 1. The number of ether oxygens (including phenoxy) is 1. The Morgan fingerprint density at radius 3 is 2.69 bits per heavy atom. The Kier molecular flexibility index (Phi) is 8.41. The zero-order valence-corrected chi connectivity index (χ0v) is 21.8. The number of benzene rings is 2. The highest BCUT2D eigenvalue weighted by atomic mass is 35.5. The minimum atomic E-state index is -4.68. The summed E-state index contributed by atoms with van der Waals surface area (Å²) >= 11 is 7.43. The molecule has 3 aromatic rings. The van der Waals surface area contributed by atoms with Crippen LogP contribution in [-0.2, 0) is 23.4 Å². The molecule has 0 radical (unpaired) electrons. The molecular formula is C24H26ClN2O6PS. The van der Waals surface area contributed by atoms with Crippen molar-refractivity contribution in [1.29, 1.82) is 0 Å². The van der Waals surface area contributed by atoms with Crippen molar-refractivity contribution in [3.05, 3.63) is 70.2 Å². The molecule has 1 aromatic heterocycles. The van der Waals surface area contributed by atoms with Gasteiger partial charge in [0, 0.05) is 21.6 Å². The fourth-order valence-electron chi connectivity index (χ4n) is 3.11. The highest BCUT2D eigenvalue weighted by molar-refractivity contribution is 7.54. The molecule has 0 saturated carbocycles. The van der Waals surface area contributed by atoms with E-state index in [4.69, 9.17) is 26.6 Å². The van der Waals surface area contributed by atoms with Crippen molar-refractivity contribution in [2.75, 3.05) is 12.5 Å². The van der Waals surface area contributed by atoms with Crippen LogP contribution in [0.25, 0.3) is 16.2 Å². The van der Waals surface area contributed by atoms with Crippen LogP contribution in [0.15, 0.2) is 54.0 Å². The van der Waals surface area contributed by atoms with Gasteiger partial charge in [0.1, 0.15) is 0 Å². The van der Waals surface area contributed by atoms with Gasteiger partial charge in [0.25, 0.3) is 0 Å². The number of nitrogens with two attached hydrogens (primary N) is 1. The van der Waals surface area contributed by atoms with E-state index in [-0.39, 0.29) is 5.56 Å². The fraction of sp³-hybridized carbons (Fsp3) is 0.250. The van der Waals surface area contributed by atoms with E-state index in [2.05, 4.69) is 5.32 Å². The van der Waals surface area contributed by atoms with E-state index >= 15 is 0 Å². The molecule has 11 heteroatoms. The smallest absolute Gasteiger partial charge is 0.347 e. The van der Waals surface area contributed by atoms with Crippen LogP contribution in [0.5, 0.6) is 0 Å². The lowest BCUT2D eigenvalue weighted by atomic mass is 9.98. The molecule has 2 atom stereocenters. The Balaban J connectivity index is 1.89. The topological polar surface area (TPSA) is 128 Å². The number of halogens is 1. The van der Waals surface area contributed by atoms with Crippen LogP contribution in [0.3, 0.4) is 0 Å². The number of thiophene rings is 1. The standard InChI is InChI=1S/C24H26ClN2O6PS/c1-24(2,3)23(29)32-14-33-34(30,31)21(19-13-35-20-8-7-16(25)12-18(19)20)22(28)27-10-9-15-5-4-6-17(26)11-15/h4-13,21H,14,26H2,1-3H3,(H,27,28)(H,30,31). The average molecular weight is 537 g/mol. The summed E-state index contributed by atoms with van der Waals surface area (Å²) in [5, 5.41) is 5.11. The lowest BCUT2D eigenvalue weighted by Gasteiger charge is -2.22. The fourth-order valence-corrected chi connectivity index (χ4v) is 5.64. The molecule has 4 N–H and O–H groups in total. The Bertz CT molecular complexity index is 1320. The van der Waals surface area contributed by atoms with E-state index in [1.165, 1.54) is 17.5 Å². The van der Waals surface area contributed by atoms with Gasteiger partial charge in [-0.1, -0.05) is 23.7 Å². The number of hydrogen-bond donors (Lipinski definition) is 3. The first-order valence-electron chi connectivity index (χ1n) is 10.5. The van der Waals surface area contributed by atoms with Gasteiger partial charge in [-0.25, -0.2) is 0 Å². The number of amides is 1. The normalized spacial score (nSPS) is 14.5. The highest BCUT2D eigenvalue weighted by Crippen LogP contribution is 2.58. The molecule has 2 unspecified atom stereocenters. The maximum atomic E-state index is 13.3. The number of rotatable bonds is 8. The van der Waals surface area contributed by atoms with Gasteiger partial charge < -0.3 is 20.7 Å². The van der Waals surface area contributed by atoms with Gasteiger partial charge in [0.15, 0.2) is 5.66 Å². The van der Waals surface area contributed by atoms with Gasteiger partial charge in [0.05, 0.1) is 5.41 Å². The van der Waals surface area contributed by atoms with Crippen LogP contribution in [-0.4, -0.2) is 23.6 Å². The van der Waals surface area contributed by atoms with Gasteiger partial charge in [-0.05, 0) is 79.1 Å². The second kappa shape index (κ2) is 10.9. The van der Waals surface area contributed by atoms with Gasteiger partial charge >= 0.3 is 13.6 Å². The van der Waals surface area contributed by atoms with E-state index in [0.717, 1.165) is 10.3 Å². The zero-order valence-electron chi connectivity index (χ0n) is 19.4. The molecule has 1 heterocycles. The van der Waals surface area contributed by atoms with Crippen molar-refractivity contribution in [3.8, 4) is 0 Å². The summed E-state index contributed by atoms with van der Waals surface area (Å²) in [5.41, 5.74) is 4.89. The van der Waals surface area contributed by atoms with Gasteiger partial charge in [-0.15, -0.1) is 11.3 Å². The molecule has 186 valence electrons. The van der Waals surface area contributed by atoms with E-state index in [1.807, 2.05) is 0 Å². The lowest BCUT2D eigenvalue weighted by Crippen LogP contribution is -2.27. The van der Waals surface area contributed by atoms with Crippen molar-refractivity contribution in [1.82, 2.24) is 5.32 Å². The van der Waals surface area contributed by atoms with E-state index in [0.29, 0.717) is 16.1 Å². The minimum Gasteiger partial charge on any atom is -0.438 e. The SMILES string of the molecule is CC(C)(C)C(=O)OCOP(=O)(O)C(C(=O)NC=Cc1cccc(N)c1)c1csc2ccc(Cl)cc12. The number of nitrogen functional groups attached to an aromatic ring is 1. The molecule has 8 nitrogen and oxygen atoms in total. The van der Waals surface area contributed by atoms with Crippen LogP contribution in [0.2, 0.25) is 5.02 Å². The summed E-state index contributed by atoms with van der Waals surface area (Å²) < 4.78 is 24.2. The van der Waals surface area contributed by atoms with Gasteiger partial charge in [-0.3, -0.25) is 18.7 Å². The summed E-state index contributed by atoms with van der Waals surface area (Å²) in [5.74, 6) is -1.39. The molecule has 0 bridgehead atoms. The monoisotopic (exact) mass is 536 g/mol. The molecule has 0 aliphatic carbocycles. The molecule has 2 aromatic carbocycles. The molecular weight excluding hydrogens is 511 g/mol. The third-order valence-electron chi connectivity index (χ3n) is 4.89. The minimum absolute atomic E-state index is 0.273. The molecule has 3 rings (SSSR count). The Morgan fingerprint density at radius 2 is 2.00 bits per heavy atom. The predicted molar refractivity (Wildman–Crippen MR) is 139 cm³/mol. The van der Waals surface area contributed by atoms with Crippen LogP contribution in [0.4, 0.5) is 5.69 Å². The molecule has 35 heavy (non-hydrogen) atoms. The molecule has 0 saturated heterocycles. The summed E-state index contributed by atoms with van der Waals surface area (Å²) in [6.45, 7) is 4.13. The zero-order chi connectivity index (χ0) is 25.8. The Morgan fingerprint density at radius 1 is 1.26 bits per heavy atom. The molecule has 0 aliphatic heterocycles. The van der Waals surface area contributed by atoms with Gasteiger partial charge in [0.2, 0.25) is 12.7 Å². The van der Waals surface area contributed by atoms with Gasteiger partial charge in [-0.2, -0.15) is 0 Å². The number of nitrogens with one attached hydrogen (secondary N) is 1.